The lowest BCUT2D eigenvalue weighted by Crippen LogP contribution is -2.28. The molecule has 0 saturated heterocycles. The maximum atomic E-state index is 12.9. The number of amides is 1. The number of carbonyl (C=O) groups is 1. The van der Waals surface area contributed by atoms with E-state index in [9.17, 15) is 4.79 Å². The third kappa shape index (κ3) is 6.04. The van der Waals surface area contributed by atoms with Gasteiger partial charge in [0.25, 0.3) is 0 Å². The fraction of sp³-hybridized carbons (Fsp3) is 0.292. The van der Waals surface area contributed by atoms with Gasteiger partial charge in [-0.3, -0.25) is 4.79 Å². The number of hydrogen-bond donors (Lipinski definition) is 0. The minimum absolute atomic E-state index is 0.151. The summed E-state index contributed by atoms with van der Waals surface area (Å²) in [4.78, 5) is 14.5. The molecule has 2 heterocycles. The summed E-state index contributed by atoms with van der Waals surface area (Å²) in [7, 11) is 1.60. The van der Waals surface area contributed by atoms with E-state index in [1.165, 1.54) is 6.08 Å². The van der Waals surface area contributed by atoms with Crippen molar-refractivity contribution in [3.05, 3.63) is 78.2 Å². The lowest BCUT2D eigenvalue weighted by atomic mass is 10.1. The predicted octanol–water partition coefficient (Wildman–Crippen LogP) is 5.16. The SMILES string of the molecule is COc1cc(/C=C/C(=O)N(Cc2ccco2)Cc2ccco2)ccc1OCC(C)C. The highest BCUT2D eigenvalue weighted by atomic mass is 16.5. The van der Waals surface area contributed by atoms with Gasteiger partial charge in [-0.25, -0.2) is 0 Å². The van der Waals surface area contributed by atoms with Crippen LogP contribution >= 0.6 is 0 Å². The molecular formula is C24H27NO5. The standard InChI is InChI=1S/C24H27NO5/c1-18(2)17-30-22-10-8-19(14-23(22)27-3)9-11-24(26)25(15-20-6-4-12-28-20)16-21-7-5-13-29-21/h4-14,18H,15-17H2,1-3H3/b11-9+. The Kier molecular flexibility index (Phi) is 7.38. The highest BCUT2D eigenvalue weighted by Gasteiger charge is 2.15. The molecule has 0 unspecified atom stereocenters. The van der Waals surface area contributed by atoms with Crippen LogP contribution in [0.15, 0.2) is 69.9 Å². The Balaban J connectivity index is 1.72. The molecule has 0 bridgehead atoms. The average Bonchev–Trinajstić information content (AvgIpc) is 3.44. The van der Waals surface area contributed by atoms with Crippen molar-refractivity contribution >= 4 is 12.0 Å². The Hall–Kier alpha value is -3.41. The summed E-state index contributed by atoms with van der Waals surface area (Å²) in [6.07, 6.45) is 6.48. The van der Waals surface area contributed by atoms with Gasteiger partial charge in [-0.1, -0.05) is 19.9 Å². The number of nitrogens with zero attached hydrogens (tertiary/aromatic N) is 1. The van der Waals surface area contributed by atoms with Crippen LogP contribution in [-0.4, -0.2) is 24.5 Å². The van der Waals surface area contributed by atoms with Crippen molar-refractivity contribution in [1.82, 2.24) is 4.90 Å². The Morgan fingerprint density at radius 3 is 2.23 bits per heavy atom. The molecule has 0 N–H and O–H groups in total. The third-order valence-corrected chi connectivity index (χ3v) is 4.34. The van der Waals surface area contributed by atoms with Crippen molar-refractivity contribution in [3.8, 4) is 11.5 Å². The van der Waals surface area contributed by atoms with Gasteiger partial charge in [0.15, 0.2) is 11.5 Å². The fourth-order valence-electron chi connectivity index (χ4n) is 2.83. The van der Waals surface area contributed by atoms with E-state index in [0.717, 1.165) is 5.56 Å². The van der Waals surface area contributed by atoms with Gasteiger partial charge in [-0.05, 0) is 54.0 Å². The summed E-state index contributed by atoms with van der Waals surface area (Å²) < 4.78 is 22.0. The number of benzene rings is 1. The molecule has 3 rings (SSSR count). The molecule has 0 saturated carbocycles. The smallest absolute Gasteiger partial charge is 0.247 e. The molecule has 30 heavy (non-hydrogen) atoms. The van der Waals surface area contributed by atoms with Crippen LogP contribution in [-0.2, 0) is 17.9 Å². The lowest BCUT2D eigenvalue weighted by molar-refractivity contribution is -0.127. The molecule has 158 valence electrons. The molecule has 6 nitrogen and oxygen atoms in total. The first-order chi connectivity index (χ1) is 14.5. The van der Waals surface area contributed by atoms with Crippen LogP contribution < -0.4 is 9.47 Å². The molecule has 1 amide bonds. The highest BCUT2D eigenvalue weighted by molar-refractivity contribution is 5.91. The van der Waals surface area contributed by atoms with Gasteiger partial charge >= 0.3 is 0 Å². The molecule has 2 aromatic heterocycles. The quantitative estimate of drug-likeness (QED) is 0.433. The van der Waals surface area contributed by atoms with Crippen molar-refractivity contribution in [1.29, 1.82) is 0 Å². The fourth-order valence-corrected chi connectivity index (χ4v) is 2.83. The van der Waals surface area contributed by atoms with Crippen molar-refractivity contribution in [2.24, 2.45) is 5.92 Å². The van der Waals surface area contributed by atoms with Crippen molar-refractivity contribution < 1.29 is 23.1 Å². The van der Waals surface area contributed by atoms with E-state index < -0.39 is 0 Å². The van der Waals surface area contributed by atoms with Crippen LogP contribution in [0.1, 0.15) is 30.9 Å². The number of ether oxygens (including phenoxy) is 2. The maximum absolute atomic E-state index is 12.9. The van der Waals surface area contributed by atoms with E-state index in [4.69, 9.17) is 18.3 Å². The third-order valence-electron chi connectivity index (χ3n) is 4.34. The van der Waals surface area contributed by atoms with Crippen LogP contribution in [0, 0.1) is 5.92 Å². The molecule has 3 aromatic rings. The number of furan rings is 2. The topological polar surface area (TPSA) is 65.0 Å². The van der Waals surface area contributed by atoms with Gasteiger partial charge in [0, 0.05) is 6.08 Å². The number of rotatable bonds is 10. The van der Waals surface area contributed by atoms with E-state index >= 15 is 0 Å². The molecular weight excluding hydrogens is 382 g/mol. The highest BCUT2D eigenvalue weighted by Crippen LogP contribution is 2.29. The first-order valence-electron chi connectivity index (χ1n) is 9.87. The van der Waals surface area contributed by atoms with Crippen LogP contribution in [0.2, 0.25) is 0 Å². The number of hydrogen-bond acceptors (Lipinski definition) is 5. The van der Waals surface area contributed by atoms with E-state index in [0.29, 0.717) is 48.6 Å². The monoisotopic (exact) mass is 409 g/mol. The Bertz CT molecular complexity index is 906. The molecule has 6 heteroatoms. The van der Waals surface area contributed by atoms with Gasteiger partial charge in [-0.2, -0.15) is 0 Å². The zero-order valence-corrected chi connectivity index (χ0v) is 17.5. The molecule has 0 aliphatic carbocycles. The van der Waals surface area contributed by atoms with Gasteiger partial charge < -0.3 is 23.2 Å². The molecule has 0 aliphatic rings. The summed E-state index contributed by atoms with van der Waals surface area (Å²) >= 11 is 0. The molecule has 0 spiro atoms. The Labute approximate surface area is 176 Å². The summed E-state index contributed by atoms with van der Waals surface area (Å²) in [5.74, 6) is 3.00. The molecule has 0 aliphatic heterocycles. The van der Waals surface area contributed by atoms with Crippen LogP contribution in [0.3, 0.4) is 0 Å². The zero-order valence-electron chi connectivity index (χ0n) is 17.5. The van der Waals surface area contributed by atoms with Gasteiger partial charge in [0.1, 0.15) is 11.5 Å². The number of methoxy groups -OCH3 is 1. The summed E-state index contributed by atoms with van der Waals surface area (Å²) in [5, 5.41) is 0. The van der Waals surface area contributed by atoms with Crippen molar-refractivity contribution in [2.75, 3.05) is 13.7 Å². The summed E-state index contributed by atoms with van der Waals surface area (Å²) in [5.41, 5.74) is 0.841. The predicted molar refractivity (Wildman–Crippen MR) is 114 cm³/mol. The molecule has 1 aromatic carbocycles. The Morgan fingerprint density at radius 1 is 1.03 bits per heavy atom. The van der Waals surface area contributed by atoms with Crippen molar-refractivity contribution in [3.63, 3.8) is 0 Å². The van der Waals surface area contributed by atoms with Gasteiger partial charge in [0.05, 0.1) is 39.3 Å². The second kappa shape index (κ2) is 10.4. The molecule has 0 atom stereocenters. The van der Waals surface area contributed by atoms with Crippen molar-refractivity contribution in [2.45, 2.75) is 26.9 Å². The molecule has 0 radical (unpaired) electrons. The second-order valence-corrected chi connectivity index (χ2v) is 7.30. The zero-order chi connectivity index (χ0) is 21.3. The van der Waals surface area contributed by atoms with E-state index in [1.807, 2.05) is 30.3 Å². The first kappa shape index (κ1) is 21.3. The Morgan fingerprint density at radius 2 is 1.70 bits per heavy atom. The van der Waals surface area contributed by atoms with Crippen LogP contribution in [0.5, 0.6) is 11.5 Å². The van der Waals surface area contributed by atoms with Crippen LogP contribution in [0.25, 0.3) is 6.08 Å². The average molecular weight is 409 g/mol. The van der Waals surface area contributed by atoms with Gasteiger partial charge in [-0.15, -0.1) is 0 Å². The molecule has 0 fully saturated rings. The van der Waals surface area contributed by atoms with E-state index in [2.05, 4.69) is 13.8 Å². The minimum Gasteiger partial charge on any atom is -0.493 e. The van der Waals surface area contributed by atoms with Gasteiger partial charge in [0.2, 0.25) is 5.91 Å². The van der Waals surface area contributed by atoms with E-state index in [1.54, 1.807) is 42.7 Å². The number of carbonyl (C=O) groups excluding carboxylic acids is 1. The lowest BCUT2D eigenvalue weighted by Gasteiger charge is -2.19. The summed E-state index contributed by atoms with van der Waals surface area (Å²) in [6, 6.07) is 12.9. The second-order valence-electron chi connectivity index (χ2n) is 7.30. The largest absolute Gasteiger partial charge is 0.493 e. The first-order valence-corrected chi connectivity index (χ1v) is 9.87. The van der Waals surface area contributed by atoms with E-state index in [-0.39, 0.29) is 5.91 Å². The normalized spacial score (nSPS) is 11.2. The summed E-state index contributed by atoms with van der Waals surface area (Å²) in [6.45, 7) is 5.49. The minimum atomic E-state index is -0.151. The maximum Gasteiger partial charge on any atom is 0.247 e. The van der Waals surface area contributed by atoms with Crippen LogP contribution in [0.4, 0.5) is 0 Å².